The third-order valence-corrected chi connectivity index (χ3v) is 3.34. The standard InChI is InChI=1S/C14H12ClN3O/c1-19-12-6-5-8(7-9(12)15)14-13-10(16)3-2-4-11(13)17-18-14/h2-7H,16H2,1H3,(H,17,18). The first-order valence-electron chi connectivity index (χ1n) is 5.77. The van der Waals surface area contributed by atoms with Crippen molar-refractivity contribution in [2.24, 2.45) is 0 Å². The van der Waals surface area contributed by atoms with Crippen LogP contribution in [-0.2, 0) is 0 Å². The third-order valence-electron chi connectivity index (χ3n) is 3.05. The molecule has 4 nitrogen and oxygen atoms in total. The van der Waals surface area contributed by atoms with E-state index in [1.54, 1.807) is 7.11 Å². The third kappa shape index (κ3) is 1.90. The van der Waals surface area contributed by atoms with Gasteiger partial charge in [-0.3, -0.25) is 5.10 Å². The molecule has 0 fully saturated rings. The average Bonchev–Trinajstić information content (AvgIpc) is 2.84. The van der Waals surface area contributed by atoms with E-state index in [2.05, 4.69) is 10.2 Å². The number of aromatic nitrogens is 2. The van der Waals surface area contributed by atoms with Crippen molar-refractivity contribution in [3.8, 4) is 17.0 Å². The van der Waals surface area contributed by atoms with Gasteiger partial charge in [0, 0.05) is 11.3 Å². The Kier molecular flexibility index (Phi) is 2.80. The molecule has 1 aromatic heterocycles. The molecule has 2 aromatic carbocycles. The molecule has 0 bridgehead atoms. The van der Waals surface area contributed by atoms with Crippen LogP contribution < -0.4 is 10.5 Å². The van der Waals surface area contributed by atoms with Gasteiger partial charge in [-0.15, -0.1) is 0 Å². The molecule has 3 rings (SSSR count). The molecular formula is C14H12ClN3O. The van der Waals surface area contributed by atoms with Gasteiger partial charge in [0.05, 0.1) is 23.0 Å². The lowest BCUT2D eigenvalue weighted by molar-refractivity contribution is 0.415. The number of methoxy groups -OCH3 is 1. The fraction of sp³-hybridized carbons (Fsp3) is 0.0714. The summed E-state index contributed by atoms with van der Waals surface area (Å²) >= 11 is 6.14. The summed E-state index contributed by atoms with van der Waals surface area (Å²) in [6.07, 6.45) is 0. The van der Waals surface area contributed by atoms with Gasteiger partial charge >= 0.3 is 0 Å². The Hall–Kier alpha value is -2.20. The van der Waals surface area contributed by atoms with E-state index in [1.165, 1.54) is 0 Å². The van der Waals surface area contributed by atoms with E-state index in [0.29, 0.717) is 16.5 Å². The maximum atomic E-state index is 6.14. The van der Waals surface area contributed by atoms with E-state index in [-0.39, 0.29) is 0 Å². The van der Waals surface area contributed by atoms with E-state index in [0.717, 1.165) is 22.2 Å². The number of fused-ring (bicyclic) bond motifs is 1. The molecule has 19 heavy (non-hydrogen) atoms. The van der Waals surface area contributed by atoms with E-state index < -0.39 is 0 Å². The molecule has 0 spiro atoms. The smallest absolute Gasteiger partial charge is 0.137 e. The largest absolute Gasteiger partial charge is 0.495 e. The minimum absolute atomic E-state index is 0.547. The number of nitrogens with two attached hydrogens (primary N) is 1. The van der Waals surface area contributed by atoms with Crippen LogP contribution in [0.1, 0.15) is 0 Å². The number of halogens is 1. The first kappa shape index (κ1) is 11.9. The highest BCUT2D eigenvalue weighted by Gasteiger charge is 2.12. The zero-order valence-electron chi connectivity index (χ0n) is 10.3. The van der Waals surface area contributed by atoms with Gasteiger partial charge in [-0.25, -0.2) is 0 Å². The van der Waals surface area contributed by atoms with E-state index in [1.807, 2.05) is 36.4 Å². The predicted octanol–water partition coefficient (Wildman–Crippen LogP) is 3.47. The summed E-state index contributed by atoms with van der Waals surface area (Å²) in [5, 5.41) is 8.74. The Morgan fingerprint density at radius 1 is 1.26 bits per heavy atom. The Morgan fingerprint density at radius 2 is 2.11 bits per heavy atom. The summed E-state index contributed by atoms with van der Waals surface area (Å²) in [5.74, 6) is 0.637. The molecule has 0 aliphatic carbocycles. The lowest BCUT2D eigenvalue weighted by Gasteiger charge is -2.05. The molecule has 0 radical (unpaired) electrons. The zero-order chi connectivity index (χ0) is 13.4. The summed E-state index contributed by atoms with van der Waals surface area (Å²) < 4.78 is 5.14. The zero-order valence-corrected chi connectivity index (χ0v) is 11.0. The molecule has 0 saturated carbocycles. The first-order valence-corrected chi connectivity index (χ1v) is 6.15. The lowest BCUT2D eigenvalue weighted by Crippen LogP contribution is -1.88. The van der Waals surface area contributed by atoms with Gasteiger partial charge in [0.25, 0.3) is 0 Å². The van der Waals surface area contributed by atoms with Crippen molar-refractivity contribution >= 4 is 28.2 Å². The van der Waals surface area contributed by atoms with Gasteiger partial charge in [-0.05, 0) is 30.3 Å². The number of nitrogen functional groups attached to an aromatic ring is 1. The molecule has 0 atom stereocenters. The van der Waals surface area contributed by atoms with Gasteiger partial charge < -0.3 is 10.5 Å². The highest BCUT2D eigenvalue weighted by molar-refractivity contribution is 6.32. The maximum Gasteiger partial charge on any atom is 0.137 e. The van der Waals surface area contributed by atoms with Crippen molar-refractivity contribution in [1.82, 2.24) is 10.2 Å². The number of anilines is 1. The summed E-state index contributed by atoms with van der Waals surface area (Å²) in [6.45, 7) is 0. The summed E-state index contributed by atoms with van der Waals surface area (Å²) in [6, 6.07) is 11.2. The second-order valence-corrected chi connectivity index (χ2v) is 4.60. The van der Waals surface area contributed by atoms with Crippen LogP contribution in [0.5, 0.6) is 5.75 Å². The molecule has 0 aliphatic rings. The molecule has 0 unspecified atom stereocenters. The number of hydrogen-bond acceptors (Lipinski definition) is 3. The topological polar surface area (TPSA) is 63.9 Å². The molecule has 96 valence electrons. The molecule has 0 aliphatic heterocycles. The van der Waals surface area contributed by atoms with Gasteiger partial charge in [0.2, 0.25) is 0 Å². The van der Waals surface area contributed by atoms with Gasteiger partial charge in [0.1, 0.15) is 11.4 Å². The molecule has 3 N–H and O–H groups in total. The van der Waals surface area contributed by atoms with E-state index in [9.17, 15) is 0 Å². The van der Waals surface area contributed by atoms with Crippen molar-refractivity contribution < 1.29 is 4.74 Å². The summed E-state index contributed by atoms with van der Waals surface area (Å²) in [5.41, 5.74) is 9.30. The van der Waals surface area contributed by atoms with Gasteiger partial charge in [0.15, 0.2) is 0 Å². The van der Waals surface area contributed by atoms with Crippen molar-refractivity contribution in [2.75, 3.05) is 12.8 Å². The summed E-state index contributed by atoms with van der Waals surface area (Å²) in [7, 11) is 1.59. The predicted molar refractivity (Wildman–Crippen MR) is 77.5 cm³/mol. The van der Waals surface area contributed by atoms with Crippen molar-refractivity contribution in [1.29, 1.82) is 0 Å². The normalized spacial score (nSPS) is 10.8. The van der Waals surface area contributed by atoms with Crippen LogP contribution in [0.25, 0.3) is 22.2 Å². The fourth-order valence-electron chi connectivity index (χ4n) is 2.12. The number of aromatic amines is 1. The second kappa shape index (κ2) is 4.48. The number of nitrogens with one attached hydrogen (secondary N) is 1. The number of nitrogens with zero attached hydrogens (tertiary/aromatic N) is 1. The highest BCUT2D eigenvalue weighted by Crippen LogP contribution is 2.34. The molecule has 5 heteroatoms. The Bertz CT molecular complexity index is 752. The van der Waals surface area contributed by atoms with E-state index >= 15 is 0 Å². The van der Waals surface area contributed by atoms with Crippen LogP contribution in [0.15, 0.2) is 36.4 Å². The van der Waals surface area contributed by atoms with Gasteiger partial charge in [-0.2, -0.15) is 5.10 Å². The Balaban J connectivity index is 2.22. The Morgan fingerprint density at radius 3 is 2.84 bits per heavy atom. The molecule has 0 saturated heterocycles. The molecule has 1 heterocycles. The maximum absolute atomic E-state index is 6.14. The van der Waals surface area contributed by atoms with Crippen LogP contribution in [0.2, 0.25) is 5.02 Å². The van der Waals surface area contributed by atoms with E-state index in [4.69, 9.17) is 22.1 Å². The number of rotatable bonds is 2. The number of ether oxygens (including phenoxy) is 1. The fourth-order valence-corrected chi connectivity index (χ4v) is 2.38. The van der Waals surface area contributed by atoms with Crippen molar-refractivity contribution in [2.45, 2.75) is 0 Å². The lowest BCUT2D eigenvalue weighted by atomic mass is 10.1. The van der Waals surface area contributed by atoms with Crippen molar-refractivity contribution in [3.05, 3.63) is 41.4 Å². The van der Waals surface area contributed by atoms with Crippen LogP contribution in [0.3, 0.4) is 0 Å². The molecular weight excluding hydrogens is 262 g/mol. The Labute approximate surface area is 115 Å². The highest BCUT2D eigenvalue weighted by atomic mass is 35.5. The monoisotopic (exact) mass is 273 g/mol. The van der Waals surface area contributed by atoms with Crippen LogP contribution in [-0.4, -0.2) is 17.3 Å². The quantitative estimate of drug-likeness (QED) is 0.703. The number of H-pyrrole nitrogens is 1. The van der Waals surface area contributed by atoms with Crippen LogP contribution in [0, 0.1) is 0 Å². The molecule has 0 amide bonds. The van der Waals surface area contributed by atoms with Crippen LogP contribution >= 0.6 is 11.6 Å². The number of hydrogen-bond donors (Lipinski definition) is 2. The number of benzene rings is 2. The van der Waals surface area contributed by atoms with Crippen LogP contribution in [0.4, 0.5) is 5.69 Å². The average molecular weight is 274 g/mol. The minimum atomic E-state index is 0.547. The SMILES string of the molecule is COc1ccc(-c2n[nH]c3cccc(N)c23)cc1Cl. The second-order valence-electron chi connectivity index (χ2n) is 4.19. The molecule has 3 aromatic rings. The van der Waals surface area contributed by atoms with Crippen molar-refractivity contribution in [3.63, 3.8) is 0 Å². The summed E-state index contributed by atoms with van der Waals surface area (Å²) in [4.78, 5) is 0. The minimum Gasteiger partial charge on any atom is -0.495 e. The first-order chi connectivity index (χ1) is 9.20. The van der Waals surface area contributed by atoms with Gasteiger partial charge in [-0.1, -0.05) is 17.7 Å².